The van der Waals surface area contributed by atoms with Crippen LogP contribution in [0.2, 0.25) is 0 Å². The van der Waals surface area contributed by atoms with Gasteiger partial charge in [-0.15, -0.1) is 11.3 Å². The highest BCUT2D eigenvalue weighted by molar-refractivity contribution is 7.88. The van der Waals surface area contributed by atoms with Crippen LogP contribution in [0, 0.1) is 0 Å². The van der Waals surface area contributed by atoms with Gasteiger partial charge in [-0.2, -0.15) is 8.42 Å². The number of para-hydroxylation sites is 1. The number of hydrogen-bond donors (Lipinski definition) is 1. The van der Waals surface area contributed by atoms with Gasteiger partial charge in [-0.1, -0.05) is 48.5 Å². The van der Waals surface area contributed by atoms with E-state index in [-0.39, 0.29) is 9.77 Å². The number of aromatic nitrogens is 1. The third-order valence-electron chi connectivity index (χ3n) is 4.02. The molecule has 0 saturated heterocycles. The Balaban J connectivity index is 2.17. The standard InChI is InChI=1S/C19H13NO4S2/c21-16-12-11-15-17(13-7-3-1-4-8-13)19(26(22,23)24)25-18(15)20(16)14-9-5-2-6-10-14/h1-12H,(H,22,23,24). The van der Waals surface area contributed by atoms with Crippen molar-refractivity contribution in [2.75, 3.05) is 0 Å². The summed E-state index contributed by atoms with van der Waals surface area (Å²) in [4.78, 5) is 13.0. The lowest BCUT2D eigenvalue weighted by molar-refractivity contribution is 0.486. The van der Waals surface area contributed by atoms with Crippen LogP contribution in [-0.4, -0.2) is 17.5 Å². The Morgan fingerprint density at radius 2 is 1.46 bits per heavy atom. The smallest absolute Gasteiger partial charge is 0.281 e. The minimum absolute atomic E-state index is 0.172. The fourth-order valence-electron chi connectivity index (χ4n) is 2.94. The fourth-order valence-corrected chi connectivity index (χ4v) is 5.16. The van der Waals surface area contributed by atoms with Crippen molar-refractivity contribution in [1.82, 2.24) is 4.57 Å². The summed E-state index contributed by atoms with van der Waals surface area (Å²) >= 11 is 0.886. The molecule has 0 bridgehead atoms. The predicted octanol–water partition coefficient (Wildman–Crippen LogP) is 3.97. The van der Waals surface area contributed by atoms with Crippen molar-refractivity contribution in [2.45, 2.75) is 4.21 Å². The average Bonchev–Trinajstić information content (AvgIpc) is 3.03. The summed E-state index contributed by atoms with van der Waals surface area (Å²) in [7, 11) is -4.45. The Morgan fingerprint density at radius 1 is 0.846 bits per heavy atom. The van der Waals surface area contributed by atoms with Gasteiger partial charge in [0.25, 0.3) is 5.56 Å². The molecule has 0 unspecified atom stereocenters. The van der Waals surface area contributed by atoms with Gasteiger partial charge in [0, 0.05) is 17.0 Å². The third kappa shape index (κ3) is 2.76. The molecule has 2 aromatic heterocycles. The first-order valence-electron chi connectivity index (χ1n) is 7.74. The molecule has 0 saturated carbocycles. The topological polar surface area (TPSA) is 76.4 Å². The number of hydrogen-bond acceptors (Lipinski definition) is 4. The Kier molecular flexibility index (Phi) is 3.99. The molecule has 0 spiro atoms. The summed E-state index contributed by atoms with van der Waals surface area (Å²) in [6.07, 6.45) is 0. The first kappa shape index (κ1) is 16.7. The Bertz CT molecular complexity index is 1260. The molecule has 4 rings (SSSR count). The normalized spacial score (nSPS) is 11.7. The molecule has 5 nitrogen and oxygen atoms in total. The first-order valence-corrected chi connectivity index (χ1v) is 9.99. The second-order valence-corrected chi connectivity index (χ2v) is 8.28. The van der Waals surface area contributed by atoms with E-state index in [2.05, 4.69) is 0 Å². The molecule has 0 aliphatic rings. The van der Waals surface area contributed by atoms with Crippen molar-refractivity contribution in [3.63, 3.8) is 0 Å². The van der Waals surface area contributed by atoms with Gasteiger partial charge in [-0.3, -0.25) is 13.9 Å². The highest BCUT2D eigenvalue weighted by Crippen LogP contribution is 2.41. The molecule has 0 aliphatic heterocycles. The lowest BCUT2D eigenvalue weighted by Crippen LogP contribution is -2.16. The minimum Gasteiger partial charge on any atom is -0.281 e. The van der Waals surface area contributed by atoms with Crippen LogP contribution in [0.1, 0.15) is 0 Å². The van der Waals surface area contributed by atoms with Gasteiger partial charge in [0.1, 0.15) is 4.83 Å². The van der Waals surface area contributed by atoms with Crippen LogP contribution in [0.4, 0.5) is 0 Å². The van der Waals surface area contributed by atoms with Crippen LogP contribution in [0.25, 0.3) is 27.0 Å². The Morgan fingerprint density at radius 3 is 2.08 bits per heavy atom. The molecule has 7 heteroatoms. The maximum Gasteiger partial charge on any atom is 0.304 e. The van der Waals surface area contributed by atoms with Crippen LogP contribution < -0.4 is 5.56 Å². The molecule has 0 atom stereocenters. The summed E-state index contributed by atoms with van der Waals surface area (Å²) < 4.78 is 35.1. The van der Waals surface area contributed by atoms with Crippen LogP contribution in [0.3, 0.4) is 0 Å². The van der Waals surface area contributed by atoms with Gasteiger partial charge in [0.05, 0.1) is 5.69 Å². The third-order valence-corrected chi connectivity index (χ3v) is 6.56. The summed E-state index contributed by atoms with van der Waals surface area (Å²) in [6.45, 7) is 0. The van der Waals surface area contributed by atoms with E-state index in [1.807, 2.05) is 12.1 Å². The minimum atomic E-state index is -4.45. The molecule has 4 aromatic rings. The molecule has 0 amide bonds. The van der Waals surface area contributed by atoms with Gasteiger partial charge in [0.15, 0.2) is 4.21 Å². The number of thiophene rings is 1. The quantitative estimate of drug-likeness (QED) is 0.543. The van der Waals surface area contributed by atoms with Gasteiger partial charge in [-0.25, -0.2) is 0 Å². The van der Waals surface area contributed by atoms with Crippen molar-refractivity contribution in [1.29, 1.82) is 0 Å². The molecular weight excluding hydrogens is 370 g/mol. The van der Waals surface area contributed by atoms with Gasteiger partial charge in [-0.05, 0) is 23.8 Å². The second-order valence-electron chi connectivity index (χ2n) is 5.67. The van der Waals surface area contributed by atoms with Gasteiger partial charge in [0.2, 0.25) is 0 Å². The number of fused-ring (bicyclic) bond motifs is 1. The maximum absolute atomic E-state index is 12.5. The number of nitrogens with zero attached hydrogens (tertiary/aromatic N) is 1. The van der Waals surface area contributed by atoms with Crippen LogP contribution >= 0.6 is 11.3 Å². The van der Waals surface area contributed by atoms with Crippen LogP contribution in [0.15, 0.2) is 81.8 Å². The van der Waals surface area contributed by atoms with E-state index in [1.54, 1.807) is 54.6 Å². The molecular formula is C19H13NO4S2. The van der Waals surface area contributed by atoms with Crippen molar-refractivity contribution >= 4 is 31.7 Å². The van der Waals surface area contributed by atoms with Gasteiger partial charge < -0.3 is 0 Å². The molecule has 130 valence electrons. The SMILES string of the molecule is O=c1ccc2c(-c3ccccc3)c(S(=O)(=O)O)sc2n1-c1ccccc1. The van der Waals surface area contributed by atoms with Crippen LogP contribution in [-0.2, 0) is 10.1 Å². The van der Waals surface area contributed by atoms with E-state index < -0.39 is 10.1 Å². The highest BCUT2D eigenvalue weighted by Gasteiger charge is 2.25. The molecule has 2 aromatic carbocycles. The molecule has 2 heterocycles. The number of benzene rings is 2. The summed E-state index contributed by atoms with van der Waals surface area (Å²) in [5.41, 5.74) is 1.42. The molecule has 0 aliphatic carbocycles. The van der Waals surface area contributed by atoms with E-state index in [9.17, 15) is 17.8 Å². The largest absolute Gasteiger partial charge is 0.304 e. The maximum atomic E-state index is 12.5. The van der Waals surface area contributed by atoms with Crippen molar-refractivity contribution in [3.05, 3.63) is 83.2 Å². The van der Waals surface area contributed by atoms with Gasteiger partial charge >= 0.3 is 10.1 Å². The summed E-state index contributed by atoms with van der Waals surface area (Å²) in [6, 6.07) is 20.9. The lowest BCUT2D eigenvalue weighted by Gasteiger charge is -2.07. The van der Waals surface area contributed by atoms with E-state index in [1.165, 1.54) is 10.6 Å². The molecule has 1 N–H and O–H groups in total. The van der Waals surface area contributed by atoms with Crippen LogP contribution in [0.5, 0.6) is 0 Å². The predicted molar refractivity (Wildman–Crippen MR) is 103 cm³/mol. The zero-order valence-electron chi connectivity index (χ0n) is 13.4. The molecule has 26 heavy (non-hydrogen) atoms. The Labute approximate surface area is 153 Å². The van der Waals surface area contributed by atoms with Crippen molar-refractivity contribution < 1.29 is 13.0 Å². The highest BCUT2D eigenvalue weighted by atomic mass is 32.3. The van der Waals surface area contributed by atoms with E-state index in [0.717, 1.165) is 11.3 Å². The van der Waals surface area contributed by atoms with Crippen molar-refractivity contribution in [3.8, 4) is 16.8 Å². The number of rotatable bonds is 3. The first-order chi connectivity index (χ1) is 12.5. The monoisotopic (exact) mass is 383 g/mol. The lowest BCUT2D eigenvalue weighted by atomic mass is 10.1. The van der Waals surface area contributed by atoms with E-state index >= 15 is 0 Å². The molecule has 0 radical (unpaired) electrons. The fraction of sp³-hybridized carbons (Fsp3) is 0. The summed E-state index contributed by atoms with van der Waals surface area (Å²) in [5, 5.41) is 0.595. The zero-order valence-corrected chi connectivity index (χ0v) is 15.0. The Hall–Kier alpha value is -2.74. The molecule has 0 fully saturated rings. The van der Waals surface area contributed by atoms with Crippen molar-refractivity contribution in [2.24, 2.45) is 0 Å². The van der Waals surface area contributed by atoms with E-state index in [0.29, 0.717) is 27.0 Å². The van der Waals surface area contributed by atoms with E-state index in [4.69, 9.17) is 0 Å². The average molecular weight is 383 g/mol. The zero-order chi connectivity index (χ0) is 18.3. The summed E-state index contributed by atoms with van der Waals surface area (Å²) in [5.74, 6) is 0. The second kappa shape index (κ2) is 6.21. The number of pyridine rings is 1.